The van der Waals surface area contributed by atoms with Crippen molar-refractivity contribution in [2.75, 3.05) is 13.1 Å². The Hall–Kier alpha value is -1.87. The summed E-state index contributed by atoms with van der Waals surface area (Å²) in [4.78, 5) is 39.7. The Kier molecular flexibility index (Phi) is 6.60. The fourth-order valence-electron chi connectivity index (χ4n) is 2.73. The summed E-state index contributed by atoms with van der Waals surface area (Å²) in [5, 5.41) is 2.17. The molecule has 9 heteroatoms. The van der Waals surface area contributed by atoms with Crippen LogP contribution in [-0.2, 0) is 24.4 Å². The lowest BCUT2D eigenvalue weighted by atomic mass is 10.1. The molecule has 0 radical (unpaired) electrons. The van der Waals surface area contributed by atoms with Crippen molar-refractivity contribution in [1.82, 2.24) is 9.62 Å². The molecule has 2 heterocycles. The van der Waals surface area contributed by atoms with Crippen molar-refractivity contribution in [3.63, 3.8) is 0 Å². The van der Waals surface area contributed by atoms with Crippen molar-refractivity contribution < 1.29 is 22.8 Å². The first kappa shape index (κ1) is 19.5. The second-order valence-electron chi connectivity index (χ2n) is 6.12. The van der Waals surface area contributed by atoms with E-state index in [-0.39, 0.29) is 31.2 Å². The number of aliphatic imine (C=N–C) groups is 1. The second-order valence-corrected chi connectivity index (χ2v) is 7.97. The maximum Gasteiger partial charge on any atom is 0.264 e. The standard InChI is InChI=1S/C16H23N3O5S/c1-2-3-8-15(22)18-12-6-5-10-19(11-14(12)21)25(23,24)16-13(20)7-4-9-17-16/h4,9,12H,2-3,5-8,10-11H2,1H3,(H,18,22). The molecule has 0 aromatic heterocycles. The van der Waals surface area contributed by atoms with Crippen molar-refractivity contribution in [1.29, 1.82) is 0 Å². The number of Topliss-reactive ketones (excluding diaryl/α,β-unsaturated/α-hetero) is 2. The molecular weight excluding hydrogens is 346 g/mol. The SMILES string of the molecule is CCCCC(=O)NC1CCCN(S(=O)(=O)C2=NC=CCC2=O)CC1=O. The van der Waals surface area contributed by atoms with Gasteiger partial charge in [0.1, 0.15) is 0 Å². The van der Waals surface area contributed by atoms with Crippen molar-refractivity contribution in [2.45, 2.75) is 51.5 Å². The first-order valence-electron chi connectivity index (χ1n) is 8.44. The number of amides is 1. The van der Waals surface area contributed by atoms with Gasteiger partial charge in [0.25, 0.3) is 10.0 Å². The zero-order chi connectivity index (χ0) is 18.4. The molecule has 25 heavy (non-hydrogen) atoms. The van der Waals surface area contributed by atoms with Crippen molar-refractivity contribution in [3.8, 4) is 0 Å². The number of carbonyl (C=O) groups is 3. The Morgan fingerprint density at radius 3 is 2.84 bits per heavy atom. The van der Waals surface area contributed by atoms with E-state index in [0.717, 1.165) is 17.1 Å². The van der Waals surface area contributed by atoms with Gasteiger partial charge in [0, 0.05) is 25.6 Å². The van der Waals surface area contributed by atoms with E-state index >= 15 is 0 Å². The lowest BCUT2D eigenvalue weighted by Crippen LogP contribution is -2.46. The average Bonchev–Trinajstić information content (AvgIpc) is 2.75. The molecule has 138 valence electrons. The highest BCUT2D eigenvalue weighted by Gasteiger charge is 2.37. The number of allylic oxidation sites excluding steroid dienone is 1. The third kappa shape index (κ3) is 4.82. The predicted octanol–water partition coefficient (Wildman–Crippen LogP) is 0.541. The van der Waals surface area contributed by atoms with Gasteiger partial charge in [-0.3, -0.25) is 14.4 Å². The van der Waals surface area contributed by atoms with Crippen molar-refractivity contribution >= 4 is 32.5 Å². The summed E-state index contributed by atoms with van der Waals surface area (Å²) in [6, 6.07) is -0.687. The van der Waals surface area contributed by atoms with E-state index in [4.69, 9.17) is 0 Å². The molecule has 0 aromatic carbocycles. The summed E-state index contributed by atoms with van der Waals surface area (Å²) in [7, 11) is -4.11. The molecular formula is C16H23N3O5S. The molecule has 0 aromatic rings. The van der Waals surface area contributed by atoms with Crippen LogP contribution in [-0.4, -0.2) is 54.4 Å². The normalized spacial score (nSPS) is 22.4. The Morgan fingerprint density at radius 1 is 1.40 bits per heavy atom. The molecule has 2 rings (SSSR count). The van der Waals surface area contributed by atoms with E-state index in [9.17, 15) is 22.8 Å². The van der Waals surface area contributed by atoms with Crippen LogP contribution in [0.3, 0.4) is 0 Å². The zero-order valence-electron chi connectivity index (χ0n) is 14.2. The number of hydrogen-bond donors (Lipinski definition) is 1. The predicted molar refractivity (Wildman–Crippen MR) is 92.4 cm³/mol. The van der Waals surface area contributed by atoms with E-state index < -0.39 is 26.9 Å². The summed E-state index contributed by atoms with van der Waals surface area (Å²) in [5.74, 6) is -1.15. The minimum atomic E-state index is -4.11. The minimum absolute atomic E-state index is 0.0179. The van der Waals surface area contributed by atoms with Gasteiger partial charge in [0.15, 0.2) is 11.6 Å². The van der Waals surface area contributed by atoms with Gasteiger partial charge < -0.3 is 5.32 Å². The number of rotatable bonds is 5. The molecule has 1 N–H and O–H groups in total. The molecule has 2 aliphatic rings. The minimum Gasteiger partial charge on any atom is -0.346 e. The van der Waals surface area contributed by atoms with Crippen LogP contribution in [0.15, 0.2) is 17.3 Å². The fraction of sp³-hybridized carbons (Fsp3) is 0.625. The lowest BCUT2D eigenvalue weighted by molar-refractivity contribution is -0.127. The summed E-state index contributed by atoms with van der Waals surface area (Å²) in [5.41, 5.74) is 0. The van der Waals surface area contributed by atoms with Crippen LogP contribution in [0.25, 0.3) is 0 Å². The van der Waals surface area contributed by atoms with Gasteiger partial charge in [-0.1, -0.05) is 19.4 Å². The highest BCUT2D eigenvalue weighted by molar-refractivity contribution is 8.06. The smallest absolute Gasteiger partial charge is 0.264 e. The second kappa shape index (κ2) is 8.48. The van der Waals surface area contributed by atoms with E-state index in [1.807, 2.05) is 6.92 Å². The topological polar surface area (TPSA) is 113 Å². The Labute approximate surface area is 147 Å². The highest BCUT2D eigenvalue weighted by atomic mass is 32.2. The van der Waals surface area contributed by atoms with E-state index in [1.54, 1.807) is 0 Å². The maximum absolute atomic E-state index is 12.6. The average molecular weight is 369 g/mol. The first-order chi connectivity index (χ1) is 11.9. The molecule has 2 aliphatic heterocycles. The van der Waals surface area contributed by atoms with Crippen LogP contribution in [0.4, 0.5) is 0 Å². The number of ketones is 2. The van der Waals surface area contributed by atoms with Crippen LogP contribution >= 0.6 is 0 Å². The number of unbranched alkanes of at least 4 members (excludes halogenated alkanes) is 1. The van der Waals surface area contributed by atoms with E-state index in [1.165, 1.54) is 12.3 Å². The molecule has 0 aliphatic carbocycles. The Bertz CT molecular complexity index is 711. The molecule has 1 fully saturated rings. The van der Waals surface area contributed by atoms with Gasteiger partial charge in [-0.15, -0.1) is 0 Å². The highest BCUT2D eigenvalue weighted by Crippen LogP contribution is 2.16. The molecule has 0 bridgehead atoms. The first-order valence-corrected chi connectivity index (χ1v) is 9.88. The number of nitrogens with zero attached hydrogens (tertiary/aromatic N) is 2. The third-order valence-corrected chi connectivity index (χ3v) is 5.95. The van der Waals surface area contributed by atoms with Crippen LogP contribution in [0, 0.1) is 0 Å². The monoisotopic (exact) mass is 369 g/mol. The van der Waals surface area contributed by atoms with E-state index in [2.05, 4.69) is 10.3 Å². The summed E-state index contributed by atoms with van der Waals surface area (Å²) in [6.45, 7) is 1.72. The summed E-state index contributed by atoms with van der Waals surface area (Å²) < 4.78 is 26.2. The lowest BCUT2D eigenvalue weighted by Gasteiger charge is -2.20. The van der Waals surface area contributed by atoms with Gasteiger partial charge >= 0.3 is 0 Å². The number of carbonyl (C=O) groups excluding carboxylic acids is 3. The fourth-order valence-corrected chi connectivity index (χ4v) is 4.21. The third-order valence-electron chi connectivity index (χ3n) is 4.14. The molecule has 0 saturated carbocycles. The van der Waals surface area contributed by atoms with Crippen LogP contribution in [0.2, 0.25) is 0 Å². The molecule has 1 amide bonds. The molecule has 0 spiro atoms. The Balaban J connectivity index is 2.07. The number of nitrogens with one attached hydrogen (secondary N) is 1. The van der Waals surface area contributed by atoms with Crippen molar-refractivity contribution in [3.05, 3.63) is 12.3 Å². The molecule has 1 unspecified atom stereocenters. The van der Waals surface area contributed by atoms with Gasteiger partial charge in [-0.25, -0.2) is 13.4 Å². The summed E-state index contributed by atoms with van der Waals surface area (Å²) in [6.07, 6.45) is 5.51. The van der Waals surface area contributed by atoms with Gasteiger partial charge in [0.2, 0.25) is 11.0 Å². The quantitative estimate of drug-likeness (QED) is 0.760. The van der Waals surface area contributed by atoms with Gasteiger partial charge in [-0.05, 0) is 19.3 Å². The van der Waals surface area contributed by atoms with Gasteiger partial charge in [0.05, 0.1) is 12.6 Å². The maximum atomic E-state index is 12.6. The van der Waals surface area contributed by atoms with Gasteiger partial charge in [-0.2, -0.15) is 4.31 Å². The van der Waals surface area contributed by atoms with E-state index in [0.29, 0.717) is 19.3 Å². The Morgan fingerprint density at radius 2 is 2.16 bits per heavy atom. The zero-order valence-corrected chi connectivity index (χ0v) is 15.0. The summed E-state index contributed by atoms with van der Waals surface area (Å²) >= 11 is 0. The number of sulfonamides is 1. The van der Waals surface area contributed by atoms with Crippen LogP contribution in [0.1, 0.15) is 45.4 Å². The molecule has 1 saturated heterocycles. The van der Waals surface area contributed by atoms with Crippen molar-refractivity contribution in [2.24, 2.45) is 4.99 Å². The number of hydrogen-bond acceptors (Lipinski definition) is 6. The largest absolute Gasteiger partial charge is 0.346 e. The molecule has 8 nitrogen and oxygen atoms in total. The molecule has 1 atom stereocenters. The van der Waals surface area contributed by atoms with Crippen LogP contribution in [0.5, 0.6) is 0 Å². The van der Waals surface area contributed by atoms with Crippen LogP contribution < -0.4 is 5.32 Å².